The van der Waals surface area contributed by atoms with Crippen LogP contribution in [0.4, 0.5) is 0 Å². The SMILES string of the molecule is Cc1cc(-c2nc3cc(CN[C@H](C(=O)OC(C)(C)C)[C@@H](C)O)ccc3n2[C@H](C)C2CCOCC2)cn(C)c1=O. The molecule has 1 saturated heterocycles. The number of fused-ring (bicyclic) bond motifs is 1. The van der Waals surface area contributed by atoms with Gasteiger partial charge in [-0.15, -0.1) is 0 Å². The molecule has 2 aromatic heterocycles. The number of hydrogen-bond acceptors (Lipinski definition) is 7. The molecule has 1 fully saturated rings. The molecule has 0 radical (unpaired) electrons. The zero-order chi connectivity index (χ0) is 28.5. The smallest absolute Gasteiger partial charge is 0.326 e. The van der Waals surface area contributed by atoms with Gasteiger partial charge in [0.15, 0.2) is 0 Å². The molecule has 9 nitrogen and oxygen atoms in total. The monoisotopic (exact) mass is 538 g/mol. The van der Waals surface area contributed by atoms with Crippen molar-refractivity contribution in [2.45, 2.75) is 84.7 Å². The van der Waals surface area contributed by atoms with Gasteiger partial charge in [-0.05, 0) is 84.1 Å². The number of aliphatic hydroxyl groups is 1. The maximum atomic E-state index is 12.6. The van der Waals surface area contributed by atoms with Gasteiger partial charge in [-0.3, -0.25) is 14.9 Å². The summed E-state index contributed by atoms with van der Waals surface area (Å²) in [5.41, 5.74) is 3.67. The Morgan fingerprint density at radius 2 is 1.92 bits per heavy atom. The number of aromatic nitrogens is 3. The number of esters is 1. The van der Waals surface area contributed by atoms with Gasteiger partial charge in [-0.2, -0.15) is 0 Å². The van der Waals surface area contributed by atoms with Gasteiger partial charge in [0, 0.05) is 50.2 Å². The Labute approximate surface area is 230 Å². The van der Waals surface area contributed by atoms with Crippen molar-refractivity contribution < 1.29 is 19.4 Å². The number of carbonyl (C=O) groups is 1. The predicted molar refractivity (Wildman–Crippen MR) is 152 cm³/mol. The van der Waals surface area contributed by atoms with Crippen molar-refractivity contribution in [1.82, 2.24) is 19.4 Å². The fraction of sp³-hybridized carbons (Fsp3) is 0.567. The van der Waals surface area contributed by atoms with Crippen molar-refractivity contribution in [3.8, 4) is 11.4 Å². The van der Waals surface area contributed by atoms with E-state index in [0.29, 0.717) is 18.0 Å². The van der Waals surface area contributed by atoms with Crippen LogP contribution in [0.2, 0.25) is 0 Å². The van der Waals surface area contributed by atoms with Crippen LogP contribution in [0.25, 0.3) is 22.4 Å². The molecular formula is C30H42N4O5. The van der Waals surface area contributed by atoms with Gasteiger partial charge in [-0.25, -0.2) is 4.98 Å². The maximum Gasteiger partial charge on any atom is 0.326 e. The van der Waals surface area contributed by atoms with Gasteiger partial charge in [0.1, 0.15) is 17.5 Å². The van der Waals surface area contributed by atoms with Crippen LogP contribution in [0, 0.1) is 12.8 Å². The number of aliphatic hydroxyl groups excluding tert-OH is 1. The number of imidazole rings is 1. The van der Waals surface area contributed by atoms with E-state index in [-0.39, 0.29) is 11.6 Å². The lowest BCUT2D eigenvalue weighted by Gasteiger charge is -2.30. The second-order valence-electron chi connectivity index (χ2n) is 11.8. The molecule has 1 aliphatic rings. The number of nitrogens with zero attached hydrogens (tertiary/aromatic N) is 3. The molecule has 0 spiro atoms. The molecule has 1 aliphatic heterocycles. The fourth-order valence-corrected chi connectivity index (χ4v) is 5.32. The van der Waals surface area contributed by atoms with Crippen LogP contribution >= 0.6 is 0 Å². The molecule has 0 unspecified atom stereocenters. The van der Waals surface area contributed by atoms with E-state index in [0.717, 1.165) is 54.0 Å². The molecule has 1 aromatic carbocycles. The Morgan fingerprint density at radius 1 is 1.23 bits per heavy atom. The minimum absolute atomic E-state index is 0.0232. The van der Waals surface area contributed by atoms with E-state index in [1.807, 2.05) is 31.3 Å². The number of hydrogen-bond donors (Lipinski definition) is 2. The van der Waals surface area contributed by atoms with Crippen molar-refractivity contribution in [2.75, 3.05) is 13.2 Å². The minimum Gasteiger partial charge on any atom is -0.459 e. The first-order chi connectivity index (χ1) is 18.4. The quantitative estimate of drug-likeness (QED) is 0.419. The van der Waals surface area contributed by atoms with E-state index >= 15 is 0 Å². The molecule has 39 heavy (non-hydrogen) atoms. The third kappa shape index (κ3) is 6.59. The van der Waals surface area contributed by atoms with Crippen molar-refractivity contribution in [3.05, 3.63) is 51.9 Å². The van der Waals surface area contributed by atoms with Gasteiger partial charge >= 0.3 is 5.97 Å². The van der Waals surface area contributed by atoms with E-state index in [2.05, 4.69) is 22.9 Å². The highest BCUT2D eigenvalue weighted by Gasteiger charge is 2.29. The van der Waals surface area contributed by atoms with Gasteiger partial charge in [0.2, 0.25) is 0 Å². The average Bonchev–Trinajstić information content (AvgIpc) is 3.24. The zero-order valence-corrected chi connectivity index (χ0v) is 24.2. The highest BCUT2D eigenvalue weighted by Crippen LogP contribution is 2.35. The number of nitrogens with one attached hydrogen (secondary N) is 1. The topological polar surface area (TPSA) is 108 Å². The molecule has 3 heterocycles. The number of pyridine rings is 1. The number of benzene rings is 1. The third-order valence-electron chi connectivity index (χ3n) is 7.40. The summed E-state index contributed by atoms with van der Waals surface area (Å²) in [6.07, 6.45) is 2.91. The predicted octanol–water partition coefficient (Wildman–Crippen LogP) is 3.88. The Hall–Kier alpha value is -3.01. The molecule has 0 saturated carbocycles. The molecule has 2 N–H and O–H groups in total. The van der Waals surface area contributed by atoms with Crippen molar-refractivity contribution in [2.24, 2.45) is 13.0 Å². The first-order valence-corrected chi connectivity index (χ1v) is 13.8. The number of aryl methyl sites for hydroxylation is 2. The number of ether oxygens (including phenoxy) is 2. The van der Waals surface area contributed by atoms with E-state index in [4.69, 9.17) is 14.5 Å². The molecule has 0 bridgehead atoms. The molecular weight excluding hydrogens is 496 g/mol. The molecule has 3 atom stereocenters. The molecule has 4 rings (SSSR count). The van der Waals surface area contributed by atoms with Crippen LogP contribution < -0.4 is 10.9 Å². The lowest BCUT2D eigenvalue weighted by molar-refractivity contribution is -0.160. The van der Waals surface area contributed by atoms with E-state index in [9.17, 15) is 14.7 Å². The summed E-state index contributed by atoms with van der Waals surface area (Å²) in [6.45, 7) is 12.9. The third-order valence-corrected chi connectivity index (χ3v) is 7.40. The average molecular weight is 539 g/mol. The summed E-state index contributed by atoms with van der Waals surface area (Å²) in [5, 5.41) is 13.4. The lowest BCUT2D eigenvalue weighted by atomic mass is 9.92. The molecule has 212 valence electrons. The number of carbonyl (C=O) groups excluding carboxylic acids is 1. The Kier molecular flexibility index (Phi) is 8.63. The largest absolute Gasteiger partial charge is 0.459 e. The summed E-state index contributed by atoms with van der Waals surface area (Å²) in [5.74, 6) is 0.786. The zero-order valence-electron chi connectivity index (χ0n) is 24.2. The van der Waals surface area contributed by atoms with Gasteiger partial charge < -0.3 is 23.7 Å². The van der Waals surface area contributed by atoms with Crippen LogP contribution in [0.15, 0.2) is 35.3 Å². The maximum absolute atomic E-state index is 12.6. The Morgan fingerprint density at radius 3 is 2.54 bits per heavy atom. The Bertz CT molecular complexity index is 1350. The second kappa shape index (κ2) is 11.6. The van der Waals surface area contributed by atoms with Crippen LogP contribution in [-0.4, -0.2) is 56.2 Å². The van der Waals surface area contributed by atoms with Crippen LogP contribution in [0.3, 0.4) is 0 Å². The van der Waals surface area contributed by atoms with Gasteiger partial charge in [-0.1, -0.05) is 6.07 Å². The summed E-state index contributed by atoms with van der Waals surface area (Å²) < 4.78 is 15.0. The second-order valence-corrected chi connectivity index (χ2v) is 11.8. The molecule has 0 amide bonds. The van der Waals surface area contributed by atoms with Crippen molar-refractivity contribution in [1.29, 1.82) is 0 Å². The normalized spacial score (nSPS) is 17.2. The summed E-state index contributed by atoms with van der Waals surface area (Å²) >= 11 is 0. The summed E-state index contributed by atoms with van der Waals surface area (Å²) in [7, 11) is 1.76. The van der Waals surface area contributed by atoms with E-state index in [1.54, 1.807) is 39.3 Å². The summed E-state index contributed by atoms with van der Waals surface area (Å²) in [4.78, 5) is 30.1. The summed E-state index contributed by atoms with van der Waals surface area (Å²) in [6, 6.07) is 7.35. The van der Waals surface area contributed by atoms with Crippen LogP contribution in [0.5, 0.6) is 0 Å². The number of rotatable bonds is 8. The first-order valence-electron chi connectivity index (χ1n) is 13.8. The van der Waals surface area contributed by atoms with E-state index < -0.39 is 23.7 Å². The fourth-order valence-electron chi connectivity index (χ4n) is 5.32. The van der Waals surface area contributed by atoms with Gasteiger partial charge in [0.25, 0.3) is 5.56 Å². The highest BCUT2D eigenvalue weighted by atomic mass is 16.6. The van der Waals surface area contributed by atoms with Gasteiger partial charge in [0.05, 0.1) is 17.1 Å². The molecule has 9 heteroatoms. The minimum atomic E-state index is -0.914. The van der Waals surface area contributed by atoms with Crippen molar-refractivity contribution in [3.63, 3.8) is 0 Å². The molecule has 0 aliphatic carbocycles. The Balaban J connectivity index is 1.70. The van der Waals surface area contributed by atoms with E-state index in [1.165, 1.54) is 0 Å². The standard InChI is InChI=1S/C30H42N4O5/c1-18-14-23(17-33(7)28(18)36)27-32-24-15-21(16-31-26(20(3)35)29(37)39-30(4,5)6)8-9-25(24)34(27)19(2)22-10-12-38-13-11-22/h8-9,14-15,17,19-20,22,26,31,35H,10-13,16H2,1-7H3/t19-,20-,26+/m1/s1. The first kappa shape index (κ1) is 29.0. The molecule has 3 aromatic rings. The van der Waals surface area contributed by atoms with Crippen LogP contribution in [-0.2, 0) is 27.9 Å². The van der Waals surface area contributed by atoms with Crippen LogP contribution in [0.1, 0.15) is 64.6 Å². The highest BCUT2D eigenvalue weighted by molar-refractivity contribution is 5.82. The lowest BCUT2D eigenvalue weighted by Crippen LogP contribution is -2.47. The van der Waals surface area contributed by atoms with Crippen molar-refractivity contribution >= 4 is 17.0 Å².